The molecule has 0 nitrogen and oxygen atoms in total. The van der Waals surface area contributed by atoms with Crippen LogP contribution in [0.1, 0.15) is 49.4 Å². The number of hydrogen-bond acceptors (Lipinski definition) is 0. The van der Waals surface area contributed by atoms with Gasteiger partial charge in [-0.15, -0.1) is 24.8 Å². The molecule has 0 heterocycles. The van der Waals surface area contributed by atoms with E-state index in [2.05, 4.69) is 74.2 Å². The van der Waals surface area contributed by atoms with Crippen molar-refractivity contribution in [2.75, 3.05) is 0 Å². The van der Waals surface area contributed by atoms with Crippen LogP contribution < -0.4 is 0 Å². The van der Waals surface area contributed by atoms with Crippen molar-refractivity contribution in [3.63, 3.8) is 0 Å². The first kappa shape index (κ1) is 23.5. The monoisotopic (exact) mass is 518 g/mol. The molecule has 0 saturated carbocycles. The molecule has 2 unspecified atom stereocenters. The summed E-state index contributed by atoms with van der Waals surface area (Å²) >= 11 is -1.56. The fourth-order valence-corrected chi connectivity index (χ4v) is 34.6. The molecule has 2 aliphatic rings. The summed E-state index contributed by atoms with van der Waals surface area (Å²) in [6.45, 7) is 11.9. The second-order valence-corrected chi connectivity index (χ2v) is 52.4. The largest absolute Gasteiger partial charge is 0.147 e. The minimum atomic E-state index is -3.03. The average Bonchev–Trinajstić information content (AvgIpc) is 2.86. The summed E-state index contributed by atoms with van der Waals surface area (Å²) in [4.78, 5) is 0. The van der Waals surface area contributed by atoms with Gasteiger partial charge in [0, 0.05) is 0 Å². The van der Waals surface area contributed by atoms with E-state index in [9.17, 15) is 0 Å². The van der Waals surface area contributed by atoms with Crippen LogP contribution in [0.25, 0.3) is 5.57 Å². The van der Waals surface area contributed by atoms with Gasteiger partial charge in [-0.05, 0) is 0 Å². The third-order valence-corrected chi connectivity index (χ3v) is 29.0. The van der Waals surface area contributed by atoms with Gasteiger partial charge in [0.25, 0.3) is 0 Å². The molecule has 0 spiro atoms. The molecule has 0 fully saturated rings. The first-order valence-corrected chi connectivity index (χ1v) is 26.9. The maximum absolute atomic E-state index is 3.03. The number of fused-ring (bicyclic) bond motifs is 1. The molecule has 2 aliphatic carbocycles. The van der Waals surface area contributed by atoms with Gasteiger partial charge in [-0.2, -0.15) is 0 Å². The van der Waals surface area contributed by atoms with Crippen LogP contribution >= 0.6 is 24.8 Å². The fourth-order valence-electron chi connectivity index (χ4n) is 5.60. The Morgan fingerprint density at radius 3 is 2.00 bits per heavy atom. The van der Waals surface area contributed by atoms with Gasteiger partial charge >= 0.3 is 148 Å². The van der Waals surface area contributed by atoms with Crippen molar-refractivity contribution < 1.29 is 15.7 Å². The molecule has 0 saturated heterocycles. The van der Waals surface area contributed by atoms with Gasteiger partial charge in [0.2, 0.25) is 0 Å². The second-order valence-electron chi connectivity index (χ2n) is 8.82. The van der Waals surface area contributed by atoms with Crippen LogP contribution in [0.3, 0.4) is 0 Å². The summed E-state index contributed by atoms with van der Waals surface area (Å²) in [6.07, 6.45) is 2.51. The van der Waals surface area contributed by atoms with Crippen LogP contribution in [0, 0.1) is 5.92 Å². The summed E-state index contributed by atoms with van der Waals surface area (Å²) in [5.41, 5.74) is 9.48. The molecular weight excluding hydrogens is 487 g/mol. The molecule has 0 amide bonds. The first-order chi connectivity index (χ1) is 10.5. The Balaban J connectivity index is 0.00000156. The predicted molar refractivity (Wildman–Crippen MR) is 118 cm³/mol. The van der Waals surface area contributed by atoms with Crippen molar-refractivity contribution in [2.45, 2.75) is 47.5 Å². The molecule has 0 aliphatic heterocycles. The summed E-state index contributed by atoms with van der Waals surface area (Å²) < 4.78 is 8.04. The van der Waals surface area contributed by atoms with Crippen LogP contribution in [0.5, 0.6) is 0 Å². The molecule has 0 bridgehead atoms. The summed E-state index contributed by atoms with van der Waals surface area (Å²) in [6, 6.07) is 9.19. The third kappa shape index (κ3) is 3.49. The quantitative estimate of drug-likeness (QED) is 0.388. The minimum absolute atomic E-state index is 0. The van der Waals surface area contributed by atoms with E-state index in [1.165, 1.54) is 28.9 Å². The van der Waals surface area contributed by atoms with Crippen molar-refractivity contribution in [3.8, 4) is 0 Å². The van der Waals surface area contributed by atoms with Crippen LogP contribution in [-0.2, 0) is 15.7 Å². The molecule has 2 atom stereocenters. The maximum Gasteiger partial charge on any atom is -0.147 e. The normalized spacial score (nSPS) is 23.1. The zero-order valence-electron chi connectivity index (χ0n) is 16.6. The van der Waals surface area contributed by atoms with E-state index < -0.39 is 15.7 Å². The standard InChI is InChI=1S/C11H11.C8H11.2CH3.2ClH.GeH2.Zr/c1-8-7-10-5-3-4-6-11(10)9(8)2;1-6-4-7(2)8(3)5-6;;;;;;/h3-7H,1-2H3;4,6H,1-3H3;2*1H3;2*1H;1H2;. The fraction of sp³-hybridized carbons (Fsp3) is 0.429. The number of allylic oxidation sites excluding steroid dienone is 6. The van der Waals surface area contributed by atoms with Crippen molar-refractivity contribution in [3.05, 3.63) is 61.5 Å². The van der Waals surface area contributed by atoms with Gasteiger partial charge < -0.3 is 0 Å². The Labute approximate surface area is 171 Å². The first-order valence-electron chi connectivity index (χ1n) is 8.78. The molecule has 1 aromatic rings. The van der Waals surface area contributed by atoms with Crippen molar-refractivity contribution >= 4 is 42.5 Å². The van der Waals surface area contributed by atoms with Gasteiger partial charge in [-0.1, -0.05) is 0 Å². The van der Waals surface area contributed by atoms with Crippen LogP contribution in [0.2, 0.25) is 9.26 Å². The third-order valence-electron chi connectivity index (χ3n) is 6.46. The van der Waals surface area contributed by atoms with Crippen molar-refractivity contribution in [1.82, 2.24) is 0 Å². The minimum Gasteiger partial charge on any atom is -0.147 e. The average molecular weight is 519 g/mol. The van der Waals surface area contributed by atoms with E-state index >= 15 is 0 Å². The van der Waals surface area contributed by atoms with E-state index in [1.54, 1.807) is 16.7 Å². The Bertz CT molecular complexity index is 868. The van der Waals surface area contributed by atoms with Crippen LogP contribution in [0.4, 0.5) is 0 Å². The second kappa shape index (κ2) is 7.46. The molecule has 3 rings (SSSR count). The van der Waals surface area contributed by atoms with Gasteiger partial charge in [0.15, 0.2) is 0 Å². The van der Waals surface area contributed by atoms with Crippen molar-refractivity contribution in [2.24, 2.45) is 5.92 Å². The molecule has 4 heteroatoms. The Kier molecular flexibility index (Phi) is 7.01. The van der Waals surface area contributed by atoms with Crippen LogP contribution in [0.15, 0.2) is 50.3 Å². The zero-order valence-corrected chi connectivity index (χ0v) is 23.6. The van der Waals surface area contributed by atoms with E-state index in [-0.39, 0.29) is 24.8 Å². The molecule has 25 heavy (non-hydrogen) atoms. The molecule has 138 valence electrons. The van der Waals surface area contributed by atoms with Crippen molar-refractivity contribution in [1.29, 1.82) is 0 Å². The van der Waals surface area contributed by atoms with E-state index in [1.807, 2.05) is 3.28 Å². The van der Waals surface area contributed by atoms with Gasteiger partial charge in [0.1, 0.15) is 0 Å². The van der Waals surface area contributed by atoms with Gasteiger partial charge in [0.05, 0.1) is 0 Å². The Morgan fingerprint density at radius 1 is 0.920 bits per heavy atom. The predicted octanol–water partition coefficient (Wildman–Crippen LogP) is 6.58. The van der Waals surface area contributed by atoms with E-state index in [0.717, 1.165) is 0 Å². The van der Waals surface area contributed by atoms with Crippen LogP contribution in [-0.4, -0.2) is 12.1 Å². The smallest absolute Gasteiger partial charge is 0.147 e. The number of rotatable bonds is 2. The molecule has 1 aromatic carbocycles. The topological polar surface area (TPSA) is 0 Å². The van der Waals surface area contributed by atoms with Gasteiger partial charge in [-0.25, -0.2) is 0 Å². The number of halogens is 2. The number of hydrogen-bond donors (Lipinski definition) is 0. The zero-order chi connectivity index (χ0) is 17.2. The van der Waals surface area contributed by atoms with E-state index in [0.29, 0.717) is 9.54 Å². The molecular formula is C21H32Cl2GeZr. The van der Waals surface area contributed by atoms with E-state index in [4.69, 9.17) is 0 Å². The molecule has 0 radical (unpaired) electrons. The SMILES string of the molecule is CC1=CC(C)[C]([Zr]([CH3])([CH3])(=[GeH2])[CH]2C(C)=C(C)c3ccccc32)=C1C.Cl.Cl. The summed E-state index contributed by atoms with van der Waals surface area (Å²) in [7, 11) is 0. The molecule has 0 aromatic heterocycles. The number of benzene rings is 1. The molecule has 0 N–H and O–H groups in total. The Hall–Kier alpha value is 0.446. The summed E-state index contributed by atoms with van der Waals surface area (Å²) in [5.74, 6) is 0.644. The van der Waals surface area contributed by atoms with Gasteiger partial charge in [-0.3, -0.25) is 0 Å². The summed E-state index contributed by atoms with van der Waals surface area (Å²) in [5, 5.41) is 0. The maximum atomic E-state index is 2.73. The Morgan fingerprint density at radius 2 is 1.48 bits per heavy atom.